The number of fused-ring (bicyclic) bond motifs is 1. The van der Waals surface area contributed by atoms with Gasteiger partial charge < -0.3 is 20.7 Å². The zero-order valence-electron chi connectivity index (χ0n) is 26.6. The van der Waals surface area contributed by atoms with Crippen LogP contribution in [-0.2, 0) is 9.59 Å². The summed E-state index contributed by atoms with van der Waals surface area (Å²) in [5.74, 6) is -0.561. The molecule has 6 rings (SSSR count). The van der Waals surface area contributed by atoms with Crippen LogP contribution in [0.5, 0.6) is 5.75 Å². The van der Waals surface area contributed by atoms with Crippen LogP contribution < -0.4 is 20.7 Å². The molecule has 7 nitrogen and oxygen atoms in total. The van der Waals surface area contributed by atoms with Crippen molar-refractivity contribution in [2.45, 2.75) is 10.1 Å². The topological polar surface area (TPSA) is 96.5 Å². The second-order valence-corrected chi connectivity index (χ2v) is 12.2. The smallest absolute Gasteiger partial charge is 0.272 e. The van der Waals surface area contributed by atoms with Gasteiger partial charge in [0.2, 0.25) is 5.91 Å². The largest absolute Gasteiger partial charge is 0.495 e. The number of benzene rings is 6. The van der Waals surface area contributed by atoms with Crippen molar-refractivity contribution in [1.82, 2.24) is 5.32 Å². The minimum atomic E-state index is -0.607. The van der Waals surface area contributed by atoms with Gasteiger partial charge in [0.15, 0.2) is 0 Å². The lowest BCUT2D eigenvalue weighted by Crippen LogP contribution is -2.30. The average molecular weight is 664 g/mol. The Morgan fingerprint density at radius 3 is 2.16 bits per heavy atom. The number of hydrogen-bond acceptors (Lipinski definition) is 5. The molecule has 0 fully saturated rings. The molecular weight excluding hydrogens is 631 g/mol. The molecule has 0 spiro atoms. The van der Waals surface area contributed by atoms with Crippen molar-refractivity contribution in [3.8, 4) is 5.75 Å². The van der Waals surface area contributed by atoms with Crippen molar-refractivity contribution in [1.29, 1.82) is 0 Å². The summed E-state index contributed by atoms with van der Waals surface area (Å²) in [4.78, 5) is 41.6. The Balaban J connectivity index is 1.27. The van der Waals surface area contributed by atoms with Crippen LogP contribution in [0.2, 0.25) is 0 Å². The monoisotopic (exact) mass is 663 g/mol. The first-order valence-corrected chi connectivity index (χ1v) is 16.5. The minimum Gasteiger partial charge on any atom is -0.495 e. The molecule has 0 aliphatic rings. The number of carbonyl (C=O) groups is 3. The third kappa shape index (κ3) is 8.25. The lowest BCUT2D eigenvalue weighted by Gasteiger charge is -2.19. The number of hydrogen-bond donors (Lipinski definition) is 3. The van der Waals surface area contributed by atoms with Crippen molar-refractivity contribution in [2.75, 3.05) is 17.7 Å². The molecule has 3 N–H and O–H groups in total. The Labute approximate surface area is 289 Å². The molecule has 0 aliphatic carbocycles. The molecule has 0 aliphatic heterocycles. The summed E-state index contributed by atoms with van der Waals surface area (Å²) in [6.45, 7) is 0. The Hall–Kier alpha value is -6.12. The Kier molecular flexibility index (Phi) is 10.5. The molecular formula is C41H33N3O4S. The van der Waals surface area contributed by atoms with Gasteiger partial charge in [-0.3, -0.25) is 14.4 Å². The van der Waals surface area contributed by atoms with Gasteiger partial charge in [-0.25, -0.2) is 0 Å². The zero-order valence-corrected chi connectivity index (χ0v) is 27.4. The fraction of sp³-hybridized carbons (Fsp3) is 0.0488. The van der Waals surface area contributed by atoms with Gasteiger partial charge >= 0.3 is 0 Å². The maximum atomic E-state index is 13.9. The molecule has 6 aromatic rings. The number of nitrogens with one attached hydrogen (secondary N) is 3. The van der Waals surface area contributed by atoms with Crippen LogP contribution >= 0.6 is 11.8 Å². The summed E-state index contributed by atoms with van der Waals surface area (Å²) >= 11 is 1.36. The second kappa shape index (κ2) is 15.6. The van der Waals surface area contributed by atoms with E-state index < -0.39 is 17.1 Å². The number of para-hydroxylation sites is 2. The van der Waals surface area contributed by atoms with Gasteiger partial charge in [-0.2, -0.15) is 0 Å². The molecule has 0 radical (unpaired) electrons. The van der Waals surface area contributed by atoms with E-state index in [1.807, 2.05) is 109 Å². The highest BCUT2D eigenvalue weighted by molar-refractivity contribution is 8.00. The SMILES string of the molecule is COc1ccccc1NC(=O)C(Sc1cccc(NC(=O)/C(=C\c2cccc3ccccc23)NC(=O)c2ccccc2)c1)c1ccccc1. The molecule has 242 valence electrons. The normalized spacial score (nSPS) is 11.7. The summed E-state index contributed by atoms with van der Waals surface area (Å²) in [6.07, 6.45) is 1.69. The van der Waals surface area contributed by atoms with Gasteiger partial charge in [-0.05, 0) is 70.4 Å². The van der Waals surface area contributed by atoms with E-state index in [0.29, 0.717) is 22.7 Å². The summed E-state index contributed by atoms with van der Waals surface area (Å²) in [6, 6.07) is 46.5. The standard InChI is InChI=1S/C41H33N3O4S/c1-48-37-25-11-10-24-35(37)43-41(47)38(29-15-4-2-5-16-29)49-33-22-13-21-32(27-33)42-40(46)36(44-39(45)30-17-6-3-7-18-30)26-31-20-12-19-28-14-8-9-23-34(28)31/h2-27,38H,1H3,(H,42,46)(H,43,47)(H,44,45)/b36-26+. The first kappa shape index (κ1) is 32.8. The van der Waals surface area contributed by atoms with Crippen molar-refractivity contribution in [3.05, 3.63) is 174 Å². The van der Waals surface area contributed by atoms with Gasteiger partial charge in [0.05, 0.1) is 12.8 Å². The molecule has 8 heteroatoms. The molecule has 1 unspecified atom stereocenters. The molecule has 0 aromatic heterocycles. The number of anilines is 2. The predicted molar refractivity (Wildman–Crippen MR) is 198 cm³/mol. The van der Waals surface area contributed by atoms with Crippen LogP contribution in [0.4, 0.5) is 11.4 Å². The third-order valence-corrected chi connectivity index (χ3v) is 8.95. The predicted octanol–water partition coefficient (Wildman–Crippen LogP) is 8.73. The van der Waals surface area contributed by atoms with Gasteiger partial charge in [-0.1, -0.05) is 109 Å². The highest BCUT2D eigenvalue weighted by atomic mass is 32.2. The number of amides is 3. The minimum absolute atomic E-state index is 0.0848. The Morgan fingerprint density at radius 2 is 1.37 bits per heavy atom. The quantitative estimate of drug-likeness (QED) is 0.0952. The van der Waals surface area contributed by atoms with E-state index in [0.717, 1.165) is 26.8 Å². The van der Waals surface area contributed by atoms with Gasteiger partial charge in [0.25, 0.3) is 11.8 Å². The Morgan fingerprint density at radius 1 is 0.694 bits per heavy atom. The van der Waals surface area contributed by atoms with Gasteiger partial charge in [0, 0.05) is 16.1 Å². The van der Waals surface area contributed by atoms with E-state index in [2.05, 4.69) is 16.0 Å². The van der Waals surface area contributed by atoms with Crippen molar-refractivity contribution >= 4 is 57.7 Å². The first-order valence-electron chi connectivity index (χ1n) is 15.6. The molecule has 0 saturated carbocycles. The van der Waals surface area contributed by atoms with E-state index in [1.165, 1.54) is 11.8 Å². The summed E-state index contributed by atoms with van der Waals surface area (Å²) in [7, 11) is 1.56. The van der Waals surface area contributed by atoms with Crippen LogP contribution in [0.3, 0.4) is 0 Å². The zero-order chi connectivity index (χ0) is 34.0. The van der Waals surface area contributed by atoms with Crippen LogP contribution in [0, 0.1) is 0 Å². The van der Waals surface area contributed by atoms with Crippen LogP contribution in [0.15, 0.2) is 162 Å². The number of ether oxygens (including phenoxy) is 1. The van der Waals surface area contributed by atoms with E-state index in [-0.39, 0.29) is 11.6 Å². The molecule has 1 atom stereocenters. The number of rotatable bonds is 11. The summed E-state index contributed by atoms with van der Waals surface area (Å²) < 4.78 is 5.44. The van der Waals surface area contributed by atoms with Crippen LogP contribution in [0.1, 0.15) is 26.7 Å². The third-order valence-electron chi connectivity index (χ3n) is 7.70. The molecule has 0 heterocycles. The molecule has 0 saturated heterocycles. The molecule has 3 amide bonds. The number of thioether (sulfide) groups is 1. The van der Waals surface area contributed by atoms with E-state index in [9.17, 15) is 14.4 Å². The van der Waals surface area contributed by atoms with Crippen LogP contribution in [-0.4, -0.2) is 24.8 Å². The number of carbonyl (C=O) groups excluding carboxylic acids is 3. The molecule has 6 aromatic carbocycles. The fourth-order valence-corrected chi connectivity index (χ4v) is 6.39. The highest BCUT2D eigenvalue weighted by Crippen LogP contribution is 2.38. The van der Waals surface area contributed by atoms with E-state index in [1.54, 1.807) is 55.7 Å². The van der Waals surface area contributed by atoms with Crippen molar-refractivity contribution in [3.63, 3.8) is 0 Å². The van der Waals surface area contributed by atoms with Gasteiger partial charge in [0.1, 0.15) is 16.7 Å². The lowest BCUT2D eigenvalue weighted by atomic mass is 10.0. The van der Waals surface area contributed by atoms with Crippen molar-refractivity contribution < 1.29 is 19.1 Å². The van der Waals surface area contributed by atoms with E-state index >= 15 is 0 Å². The van der Waals surface area contributed by atoms with Gasteiger partial charge in [-0.15, -0.1) is 11.8 Å². The first-order chi connectivity index (χ1) is 24.0. The van der Waals surface area contributed by atoms with Crippen LogP contribution in [0.25, 0.3) is 16.8 Å². The maximum absolute atomic E-state index is 13.9. The average Bonchev–Trinajstić information content (AvgIpc) is 3.14. The highest BCUT2D eigenvalue weighted by Gasteiger charge is 2.24. The van der Waals surface area contributed by atoms with Crippen molar-refractivity contribution in [2.24, 2.45) is 0 Å². The second-order valence-electron chi connectivity index (χ2n) is 11.0. The number of methoxy groups -OCH3 is 1. The fourth-order valence-electron chi connectivity index (χ4n) is 5.30. The maximum Gasteiger partial charge on any atom is 0.272 e. The Bertz CT molecular complexity index is 2130. The van der Waals surface area contributed by atoms with E-state index in [4.69, 9.17) is 4.74 Å². The molecule has 0 bridgehead atoms. The summed E-state index contributed by atoms with van der Waals surface area (Å²) in [5, 5.41) is 10.1. The lowest BCUT2D eigenvalue weighted by molar-refractivity contribution is -0.116. The summed E-state index contributed by atoms with van der Waals surface area (Å²) in [5.41, 5.74) is 3.19. The molecule has 49 heavy (non-hydrogen) atoms.